The van der Waals surface area contributed by atoms with Gasteiger partial charge in [0.2, 0.25) is 0 Å². The van der Waals surface area contributed by atoms with Gasteiger partial charge in [0.25, 0.3) is 0 Å². The van der Waals surface area contributed by atoms with Gasteiger partial charge < -0.3 is 14.1 Å². The molecule has 4 nitrogen and oxygen atoms in total. The number of hydrogen-bond donors (Lipinski definition) is 1. The van der Waals surface area contributed by atoms with Gasteiger partial charge in [0, 0.05) is 23.1 Å². The van der Waals surface area contributed by atoms with Crippen molar-refractivity contribution in [2.24, 2.45) is 0 Å². The van der Waals surface area contributed by atoms with Crippen LogP contribution in [0.25, 0.3) is 11.0 Å². The first-order valence-electron chi connectivity index (χ1n) is 8.20. The Morgan fingerprint density at radius 1 is 1.09 bits per heavy atom. The quantitative estimate of drug-likeness (QED) is 0.884. The van der Waals surface area contributed by atoms with Crippen LogP contribution in [-0.2, 0) is 6.54 Å². The Balaban J connectivity index is 1.90. The number of benzene rings is 1. The molecule has 1 N–H and O–H groups in total. The van der Waals surface area contributed by atoms with Gasteiger partial charge in [-0.25, -0.2) is 4.79 Å². The molecule has 2 heterocycles. The molecule has 3 rings (SSSR count). The molecule has 1 saturated heterocycles. The van der Waals surface area contributed by atoms with Gasteiger partial charge in [0.1, 0.15) is 17.9 Å². The van der Waals surface area contributed by atoms with Crippen LogP contribution in [-0.4, -0.2) is 20.2 Å². The maximum Gasteiger partial charge on any atom is 0.336 e. The van der Waals surface area contributed by atoms with Crippen molar-refractivity contribution in [2.75, 3.05) is 20.2 Å². The summed E-state index contributed by atoms with van der Waals surface area (Å²) in [6.07, 6.45) is 6.59. The van der Waals surface area contributed by atoms with Gasteiger partial charge in [-0.3, -0.25) is 0 Å². The molecule has 0 radical (unpaired) electrons. The maximum atomic E-state index is 11.9. The average molecular weight is 302 g/mol. The topological polar surface area (TPSA) is 43.9 Å². The predicted molar refractivity (Wildman–Crippen MR) is 86.5 cm³/mol. The van der Waals surface area contributed by atoms with Crippen LogP contribution in [0.3, 0.4) is 0 Å². The lowest BCUT2D eigenvalue weighted by molar-refractivity contribution is -0.914. The molecular weight excluding hydrogens is 278 g/mol. The molecule has 0 saturated carbocycles. The van der Waals surface area contributed by atoms with Crippen LogP contribution in [0, 0.1) is 0 Å². The molecule has 0 unspecified atom stereocenters. The minimum Gasteiger partial charge on any atom is -0.497 e. The van der Waals surface area contributed by atoms with E-state index in [1.165, 1.54) is 45.2 Å². The first-order chi connectivity index (χ1) is 10.8. The summed E-state index contributed by atoms with van der Waals surface area (Å²) in [5.41, 5.74) is 1.43. The summed E-state index contributed by atoms with van der Waals surface area (Å²) in [7, 11) is 1.62. The lowest BCUT2D eigenvalue weighted by atomic mass is 10.1. The van der Waals surface area contributed by atoms with Crippen LogP contribution in [0.15, 0.2) is 33.5 Å². The molecule has 1 aliphatic heterocycles. The number of quaternary nitrogens is 1. The molecule has 0 amide bonds. The third kappa shape index (κ3) is 3.50. The standard InChI is InChI=1S/C18H23NO3/c1-21-15-7-8-16-14(11-18(20)22-17(16)12-15)13-19-9-5-3-2-4-6-10-19/h7-8,11-12H,2-6,9-10,13H2,1H3/p+1. The first kappa shape index (κ1) is 15.1. The fraction of sp³-hybridized carbons (Fsp3) is 0.500. The van der Waals surface area contributed by atoms with Gasteiger partial charge in [-0.15, -0.1) is 0 Å². The predicted octanol–water partition coefficient (Wildman–Crippen LogP) is 2.15. The van der Waals surface area contributed by atoms with E-state index in [0.29, 0.717) is 11.3 Å². The highest BCUT2D eigenvalue weighted by atomic mass is 16.5. The molecule has 1 aromatic carbocycles. The summed E-state index contributed by atoms with van der Waals surface area (Å²) >= 11 is 0. The van der Waals surface area contributed by atoms with Gasteiger partial charge in [-0.05, 0) is 37.8 Å². The SMILES string of the molecule is COc1ccc2c(C[NH+]3CCCCCCC3)cc(=O)oc2c1. The van der Waals surface area contributed by atoms with Crippen LogP contribution in [0.4, 0.5) is 0 Å². The van der Waals surface area contributed by atoms with Crippen LogP contribution >= 0.6 is 0 Å². The normalized spacial score (nSPS) is 17.1. The molecule has 1 aliphatic rings. The zero-order valence-electron chi connectivity index (χ0n) is 13.2. The monoisotopic (exact) mass is 302 g/mol. The van der Waals surface area contributed by atoms with E-state index in [4.69, 9.17) is 9.15 Å². The number of rotatable bonds is 3. The van der Waals surface area contributed by atoms with Gasteiger partial charge in [0.05, 0.1) is 20.2 Å². The van der Waals surface area contributed by atoms with E-state index >= 15 is 0 Å². The third-order valence-electron chi connectivity index (χ3n) is 4.54. The smallest absolute Gasteiger partial charge is 0.336 e. The summed E-state index contributed by atoms with van der Waals surface area (Å²) < 4.78 is 10.5. The maximum absolute atomic E-state index is 11.9. The second-order valence-electron chi connectivity index (χ2n) is 6.15. The highest BCUT2D eigenvalue weighted by Gasteiger charge is 2.15. The van der Waals surface area contributed by atoms with Crippen LogP contribution in [0.1, 0.15) is 37.7 Å². The minimum absolute atomic E-state index is 0.276. The fourth-order valence-electron chi connectivity index (χ4n) is 3.33. The molecule has 2 aromatic rings. The number of likely N-dealkylation sites (tertiary alicyclic amines) is 1. The zero-order chi connectivity index (χ0) is 15.4. The zero-order valence-corrected chi connectivity index (χ0v) is 13.2. The van der Waals surface area contributed by atoms with Gasteiger partial charge >= 0.3 is 5.63 Å². The van der Waals surface area contributed by atoms with Crippen molar-refractivity contribution in [3.63, 3.8) is 0 Å². The minimum atomic E-state index is -0.276. The molecule has 22 heavy (non-hydrogen) atoms. The molecule has 0 atom stereocenters. The van der Waals surface area contributed by atoms with E-state index in [0.717, 1.165) is 17.5 Å². The third-order valence-corrected chi connectivity index (χ3v) is 4.54. The Hall–Kier alpha value is -1.81. The van der Waals surface area contributed by atoms with Crippen molar-refractivity contribution in [3.05, 3.63) is 40.2 Å². The molecule has 0 bridgehead atoms. The van der Waals surface area contributed by atoms with Crippen molar-refractivity contribution >= 4 is 11.0 Å². The van der Waals surface area contributed by atoms with Crippen molar-refractivity contribution in [1.29, 1.82) is 0 Å². The van der Waals surface area contributed by atoms with Crippen LogP contribution in [0.5, 0.6) is 5.75 Å². The Bertz CT molecular complexity index is 684. The van der Waals surface area contributed by atoms with E-state index in [1.54, 1.807) is 24.1 Å². The van der Waals surface area contributed by atoms with Crippen molar-refractivity contribution < 1.29 is 14.1 Å². The molecule has 1 aromatic heterocycles. The van der Waals surface area contributed by atoms with E-state index < -0.39 is 0 Å². The largest absolute Gasteiger partial charge is 0.497 e. The number of methoxy groups -OCH3 is 1. The second-order valence-corrected chi connectivity index (χ2v) is 6.15. The Morgan fingerprint density at radius 3 is 2.55 bits per heavy atom. The Morgan fingerprint density at radius 2 is 1.82 bits per heavy atom. The molecule has 4 heteroatoms. The van der Waals surface area contributed by atoms with Crippen molar-refractivity contribution in [1.82, 2.24) is 0 Å². The van der Waals surface area contributed by atoms with Crippen LogP contribution < -0.4 is 15.3 Å². The van der Waals surface area contributed by atoms with E-state index in [2.05, 4.69) is 0 Å². The molecular formula is C18H24NO3+. The highest BCUT2D eigenvalue weighted by molar-refractivity contribution is 5.81. The Kier molecular flexibility index (Phi) is 4.78. The van der Waals surface area contributed by atoms with Crippen molar-refractivity contribution in [2.45, 2.75) is 38.6 Å². The first-order valence-corrected chi connectivity index (χ1v) is 8.20. The summed E-state index contributed by atoms with van der Waals surface area (Å²) in [6.45, 7) is 3.28. The number of ether oxygens (including phenoxy) is 1. The molecule has 0 aliphatic carbocycles. The summed E-state index contributed by atoms with van der Waals surface area (Å²) in [5, 5.41) is 1.02. The summed E-state index contributed by atoms with van der Waals surface area (Å²) in [5.74, 6) is 0.714. The fourth-order valence-corrected chi connectivity index (χ4v) is 3.33. The summed E-state index contributed by atoms with van der Waals surface area (Å²) in [6, 6.07) is 7.37. The second kappa shape index (κ2) is 6.97. The van der Waals surface area contributed by atoms with Crippen molar-refractivity contribution in [3.8, 4) is 5.75 Å². The molecule has 118 valence electrons. The van der Waals surface area contributed by atoms with Gasteiger partial charge in [-0.1, -0.05) is 6.42 Å². The van der Waals surface area contributed by atoms with Gasteiger partial charge in [-0.2, -0.15) is 0 Å². The number of fused-ring (bicyclic) bond motifs is 1. The van der Waals surface area contributed by atoms with E-state index in [-0.39, 0.29) is 5.63 Å². The molecule has 0 spiro atoms. The Labute approximate surface area is 130 Å². The lowest BCUT2D eigenvalue weighted by Crippen LogP contribution is -3.10. The van der Waals surface area contributed by atoms with Gasteiger partial charge in [0.15, 0.2) is 0 Å². The van der Waals surface area contributed by atoms with E-state index in [9.17, 15) is 4.79 Å². The number of nitrogens with one attached hydrogen (secondary N) is 1. The lowest BCUT2D eigenvalue weighted by Gasteiger charge is -2.22. The van der Waals surface area contributed by atoms with E-state index in [1.807, 2.05) is 12.1 Å². The summed E-state index contributed by atoms with van der Waals surface area (Å²) in [4.78, 5) is 13.4. The molecule has 1 fully saturated rings. The number of hydrogen-bond acceptors (Lipinski definition) is 3. The average Bonchev–Trinajstić information content (AvgIpc) is 2.48. The highest BCUT2D eigenvalue weighted by Crippen LogP contribution is 2.22. The van der Waals surface area contributed by atoms with Crippen LogP contribution in [0.2, 0.25) is 0 Å².